The average Bonchev–Trinajstić information content (AvgIpc) is 3.09. The lowest BCUT2D eigenvalue weighted by atomic mass is 9.82. The van der Waals surface area contributed by atoms with Crippen LogP contribution in [0, 0.1) is 12.8 Å². The molecule has 27 heavy (non-hydrogen) atoms. The first kappa shape index (κ1) is 19.3. The van der Waals surface area contributed by atoms with E-state index in [4.69, 9.17) is 4.74 Å². The molecule has 3 saturated heterocycles. The summed E-state index contributed by atoms with van der Waals surface area (Å²) < 4.78 is 5.49. The van der Waals surface area contributed by atoms with Crippen LogP contribution in [0.3, 0.4) is 0 Å². The number of carbonyl (C=O) groups excluding carboxylic acids is 1. The van der Waals surface area contributed by atoms with Crippen molar-refractivity contribution in [1.29, 1.82) is 0 Å². The molecule has 3 aliphatic heterocycles. The summed E-state index contributed by atoms with van der Waals surface area (Å²) in [5.74, 6) is 1.07. The Morgan fingerprint density at radius 1 is 1.22 bits per heavy atom. The fraction of sp³-hybridized carbons (Fsp3) is 0.800. The fourth-order valence-electron chi connectivity index (χ4n) is 4.87. The molecule has 0 N–H and O–H groups in total. The van der Waals surface area contributed by atoms with E-state index in [2.05, 4.69) is 27.2 Å². The van der Waals surface area contributed by atoms with Gasteiger partial charge in [0.25, 0.3) is 0 Å². The molecule has 0 aliphatic carbocycles. The standard InChI is InChI=1S/C20H32N4O2S/c1-16-21-18(15-27-16)14-24-10-9-22(2)20(19(24)25)5-7-23(8-6-20)13-17-3-11-26-12-4-17/h15,17H,3-14H2,1-2H3. The number of aryl methyl sites for hydroxylation is 1. The van der Waals surface area contributed by atoms with Crippen molar-refractivity contribution in [1.82, 2.24) is 19.7 Å². The third kappa shape index (κ3) is 4.06. The van der Waals surface area contributed by atoms with Crippen LogP contribution in [0.2, 0.25) is 0 Å². The van der Waals surface area contributed by atoms with Gasteiger partial charge in [-0.15, -0.1) is 11.3 Å². The minimum Gasteiger partial charge on any atom is -0.381 e. The van der Waals surface area contributed by atoms with Gasteiger partial charge >= 0.3 is 0 Å². The molecule has 0 unspecified atom stereocenters. The average molecular weight is 393 g/mol. The van der Waals surface area contributed by atoms with E-state index in [9.17, 15) is 4.79 Å². The number of piperazine rings is 1. The number of hydrogen-bond acceptors (Lipinski definition) is 6. The van der Waals surface area contributed by atoms with Gasteiger partial charge in [0.2, 0.25) is 5.91 Å². The Morgan fingerprint density at radius 3 is 2.63 bits per heavy atom. The molecule has 0 saturated carbocycles. The number of nitrogens with zero attached hydrogens (tertiary/aromatic N) is 4. The van der Waals surface area contributed by atoms with Crippen molar-refractivity contribution in [3.05, 3.63) is 16.1 Å². The van der Waals surface area contributed by atoms with Gasteiger partial charge < -0.3 is 14.5 Å². The van der Waals surface area contributed by atoms with Crippen LogP contribution in [0.5, 0.6) is 0 Å². The third-order valence-electron chi connectivity index (χ3n) is 6.68. The number of rotatable bonds is 4. The van der Waals surface area contributed by atoms with Crippen LogP contribution in [0.1, 0.15) is 36.4 Å². The first-order chi connectivity index (χ1) is 13.1. The number of amides is 1. The zero-order chi connectivity index (χ0) is 18.9. The molecule has 1 spiro atoms. The van der Waals surface area contributed by atoms with E-state index < -0.39 is 0 Å². The molecule has 150 valence electrons. The van der Waals surface area contributed by atoms with Gasteiger partial charge in [0.05, 0.1) is 17.2 Å². The van der Waals surface area contributed by atoms with Gasteiger partial charge in [-0.3, -0.25) is 9.69 Å². The Hall–Kier alpha value is -1.02. The molecule has 1 aromatic heterocycles. The zero-order valence-corrected chi connectivity index (χ0v) is 17.5. The van der Waals surface area contributed by atoms with Gasteiger partial charge in [-0.2, -0.15) is 0 Å². The SMILES string of the molecule is Cc1nc(CN2CCN(C)C3(CCN(CC4CCOCC4)CC3)C2=O)cs1. The Morgan fingerprint density at radius 2 is 1.96 bits per heavy atom. The normalized spacial score (nSPS) is 25.4. The number of thiazole rings is 1. The Bertz CT molecular complexity index is 650. The summed E-state index contributed by atoms with van der Waals surface area (Å²) in [7, 11) is 2.14. The molecule has 0 radical (unpaired) electrons. The lowest BCUT2D eigenvalue weighted by Crippen LogP contribution is -2.67. The van der Waals surface area contributed by atoms with E-state index in [-0.39, 0.29) is 5.54 Å². The maximum atomic E-state index is 13.4. The highest BCUT2D eigenvalue weighted by Gasteiger charge is 2.49. The molecule has 7 heteroatoms. The van der Waals surface area contributed by atoms with E-state index in [0.29, 0.717) is 12.5 Å². The van der Waals surface area contributed by atoms with Gasteiger partial charge in [0.15, 0.2) is 0 Å². The number of likely N-dealkylation sites (N-methyl/N-ethyl adjacent to an activating group) is 1. The summed E-state index contributed by atoms with van der Waals surface area (Å²) in [5, 5.41) is 3.16. The van der Waals surface area contributed by atoms with Crippen molar-refractivity contribution < 1.29 is 9.53 Å². The number of carbonyl (C=O) groups is 1. The molecule has 0 atom stereocenters. The number of aromatic nitrogens is 1. The Kier molecular flexibility index (Phi) is 5.83. The van der Waals surface area contributed by atoms with Crippen molar-refractivity contribution in [3.8, 4) is 0 Å². The smallest absolute Gasteiger partial charge is 0.243 e. The zero-order valence-electron chi connectivity index (χ0n) is 16.7. The van der Waals surface area contributed by atoms with Gasteiger partial charge in [-0.25, -0.2) is 4.98 Å². The second-order valence-electron chi connectivity index (χ2n) is 8.39. The summed E-state index contributed by atoms with van der Waals surface area (Å²) in [6.07, 6.45) is 4.25. The molecule has 0 bridgehead atoms. The fourth-order valence-corrected chi connectivity index (χ4v) is 5.47. The molecular formula is C20H32N4O2S. The highest BCUT2D eigenvalue weighted by Crippen LogP contribution is 2.34. The quantitative estimate of drug-likeness (QED) is 0.784. The predicted molar refractivity (Wildman–Crippen MR) is 107 cm³/mol. The number of ether oxygens (including phenoxy) is 1. The number of likely N-dealkylation sites (tertiary alicyclic amines) is 1. The van der Waals surface area contributed by atoms with Crippen molar-refractivity contribution in [3.63, 3.8) is 0 Å². The molecule has 3 fully saturated rings. The molecule has 3 aliphatic rings. The van der Waals surface area contributed by atoms with Crippen LogP contribution in [0.4, 0.5) is 0 Å². The summed E-state index contributed by atoms with van der Waals surface area (Å²) in [4.78, 5) is 24.9. The maximum Gasteiger partial charge on any atom is 0.243 e. The van der Waals surface area contributed by atoms with Crippen molar-refractivity contribution in [2.45, 2.75) is 44.7 Å². The molecule has 0 aromatic carbocycles. The van der Waals surface area contributed by atoms with Crippen LogP contribution >= 0.6 is 11.3 Å². The van der Waals surface area contributed by atoms with E-state index >= 15 is 0 Å². The summed E-state index contributed by atoms with van der Waals surface area (Å²) in [6, 6.07) is 0. The van der Waals surface area contributed by atoms with Crippen LogP contribution in [-0.4, -0.2) is 84.1 Å². The first-order valence-corrected chi connectivity index (χ1v) is 11.2. The van der Waals surface area contributed by atoms with Gasteiger partial charge in [0, 0.05) is 51.3 Å². The van der Waals surface area contributed by atoms with Crippen LogP contribution in [-0.2, 0) is 16.1 Å². The van der Waals surface area contributed by atoms with Crippen LogP contribution in [0.25, 0.3) is 0 Å². The summed E-state index contributed by atoms with van der Waals surface area (Å²) >= 11 is 1.66. The molecule has 6 nitrogen and oxygen atoms in total. The van der Waals surface area contributed by atoms with Crippen molar-refractivity contribution in [2.75, 3.05) is 53.0 Å². The van der Waals surface area contributed by atoms with E-state index in [1.807, 2.05) is 11.8 Å². The maximum absolute atomic E-state index is 13.4. The lowest BCUT2D eigenvalue weighted by molar-refractivity contribution is -0.155. The molecule has 4 heterocycles. The second-order valence-corrected chi connectivity index (χ2v) is 9.46. The summed E-state index contributed by atoms with van der Waals surface area (Å²) in [6.45, 7) is 9.48. The largest absolute Gasteiger partial charge is 0.381 e. The highest BCUT2D eigenvalue weighted by atomic mass is 32.1. The lowest BCUT2D eigenvalue weighted by Gasteiger charge is -2.52. The highest BCUT2D eigenvalue weighted by molar-refractivity contribution is 7.09. The molecule has 1 aromatic rings. The molecule has 4 rings (SSSR count). The van der Waals surface area contributed by atoms with Crippen molar-refractivity contribution in [2.24, 2.45) is 5.92 Å². The van der Waals surface area contributed by atoms with E-state index in [0.717, 1.165) is 68.9 Å². The monoisotopic (exact) mass is 392 g/mol. The van der Waals surface area contributed by atoms with E-state index in [1.54, 1.807) is 11.3 Å². The van der Waals surface area contributed by atoms with Crippen molar-refractivity contribution >= 4 is 17.2 Å². The molecule has 1 amide bonds. The molecular weight excluding hydrogens is 360 g/mol. The Balaban J connectivity index is 1.38. The first-order valence-electron chi connectivity index (χ1n) is 10.3. The van der Waals surface area contributed by atoms with Gasteiger partial charge in [-0.05, 0) is 45.6 Å². The summed E-state index contributed by atoms with van der Waals surface area (Å²) in [5.41, 5.74) is 0.720. The predicted octanol–water partition coefficient (Wildman–Crippen LogP) is 1.99. The number of hydrogen-bond donors (Lipinski definition) is 0. The minimum absolute atomic E-state index is 0.310. The third-order valence-corrected chi connectivity index (χ3v) is 7.50. The van der Waals surface area contributed by atoms with Gasteiger partial charge in [0.1, 0.15) is 5.54 Å². The minimum atomic E-state index is -0.310. The number of piperidine rings is 1. The Labute approximate surface area is 166 Å². The van der Waals surface area contributed by atoms with E-state index in [1.165, 1.54) is 19.4 Å². The second kappa shape index (κ2) is 8.15. The van der Waals surface area contributed by atoms with Gasteiger partial charge in [-0.1, -0.05) is 0 Å². The van der Waals surface area contributed by atoms with Crippen LogP contribution in [0.15, 0.2) is 5.38 Å². The van der Waals surface area contributed by atoms with Crippen LogP contribution < -0.4 is 0 Å². The topological polar surface area (TPSA) is 48.9 Å².